The first-order valence-electron chi connectivity index (χ1n) is 7.18. The summed E-state index contributed by atoms with van der Waals surface area (Å²) in [5.41, 5.74) is 1.16. The fraction of sp³-hybridized carbons (Fsp3) is 0.467. The number of nitrogens with one attached hydrogen (secondary N) is 1. The molecule has 1 aromatic carbocycles. The summed E-state index contributed by atoms with van der Waals surface area (Å²) < 4.78 is 2.30. The molecule has 0 bridgehead atoms. The zero-order valence-corrected chi connectivity index (χ0v) is 12.4. The molecule has 0 radical (unpaired) electrons. The first-order chi connectivity index (χ1) is 9.86. The highest BCUT2D eigenvalue weighted by atomic mass is 32.2. The zero-order chi connectivity index (χ0) is 13.5. The van der Waals surface area contributed by atoms with Crippen LogP contribution in [0.3, 0.4) is 0 Å². The van der Waals surface area contributed by atoms with Gasteiger partial charge in [0.05, 0.1) is 6.04 Å². The molecular formula is C15H18N4S. The van der Waals surface area contributed by atoms with Gasteiger partial charge >= 0.3 is 0 Å². The molecule has 1 aliphatic carbocycles. The van der Waals surface area contributed by atoms with E-state index in [2.05, 4.69) is 50.6 Å². The fourth-order valence-corrected chi connectivity index (χ4v) is 3.36. The number of hydrogen-bond donors (Lipinski definition) is 1. The Hall–Kier alpha value is -1.33. The second kappa shape index (κ2) is 4.90. The molecule has 1 unspecified atom stereocenters. The predicted octanol–water partition coefficient (Wildman–Crippen LogP) is 2.72. The summed E-state index contributed by atoms with van der Waals surface area (Å²) in [4.78, 5) is 1.28. The van der Waals surface area contributed by atoms with Gasteiger partial charge in [0.15, 0.2) is 11.6 Å². The second-order valence-electron chi connectivity index (χ2n) is 5.53. The maximum absolute atomic E-state index is 4.46. The van der Waals surface area contributed by atoms with Crippen LogP contribution < -0.4 is 5.32 Å². The Kier molecular flexibility index (Phi) is 3.04. The van der Waals surface area contributed by atoms with Crippen molar-refractivity contribution in [3.63, 3.8) is 0 Å². The Bertz CT molecular complexity index is 615. The number of rotatable bonds is 3. The van der Waals surface area contributed by atoms with E-state index < -0.39 is 0 Å². The molecule has 0 amide bonds. The highest BCUT2D eigenvalue weighted by Crippen LogP contribution is 2.42. The van der Waals surface area contributed by atoms with Crippen molar-refractivity contribution in [2.24, 2.45) is 5.92 Å². The van der Waals surface area contributed by atoms with Gasteiger partial charge in [-0.3, -0.25) is 0 Å². The molecule has 4 rings (SSSR count). The third-order valence-corrected chi connectivity index (χ3v) is 4.94. The largest absolute Gasteiger partial charge is 0.308 e. The molecule has 104 valence electrons. The van der Waals surface area contributed by atoms with Crippen molar-refractivity contribution in [1.29, 1.82) is 0 Å². The van der Waals surface area contributed by atoms with Gasteiger partial charge in [0.1, 0.15) is 0 Å². The molecule has 2 aromatic rings. The molecule has 1 saturated carbocycles. The molecule has 1 N–H and O–H groups in total. The lowest BCUT2D eigenvalue weighted by Gasteiger charge is -2.25. The van der Waals surface area contributed by atoms with E-state index in [4.69, 9.17) is 0 Å². The van der Waals surface area contributed by atoms with Gasteiger partial charge < -0.3 is 9.88 Å². The Labute approximate surface area is 123 Å². The van der Waals surface area contributed by atoms with Gasteiger partial charge in [0.2, 0.25) is 0 Å². The first-order valence-corrected chi connectivity index (χ1v) is 8.40. The molecule has 5 heteroatoms. The molecular weight excluding hydrogens is 268 g/mol. The van der Waals surface area contributed by atoms with Crippen molar-refractivity contribution in [2.45, 2.75) is 30.3 Å². The molecule has 2 heterocycles. The second-order valence-corrected chi connectivity index (χ2v) is 6.41. The quantitative estimate of drug-likeness (QED) is 0.881. The summed E-state index contributed by atoms with van der Waals surface area (Å²) in [7, 11) is 0. The van der Waals surface area contributed by atoms with E-state index in [1.54, 1.807) is 11.8 Å². The van der Waals surface area contributed by atoms with Crippen molar-refractivity contribution < 1.29 is 0 Å². The Morgan fingerprint density at radius 2 is 2.00 bits per heavy atom. The molecule has 20 heavy (non-hydrogen) atoms. The number of fused-ring (bicyclic) bond motifs is 1. The average Bonchev–Trinajstić information content (AvgIpc) is 3.26. The standard InChI is InChI=1S/C15H18N4S/c1-20-12-6-4-11(5-7-12)14-17-18-15-13(10-2-3-10)16-8-9-19(14)15/h4-7,10,13,16H,2-3,8-9H2,1H3. The van der Waals surface area contributed by atoms with Gasteiger partial charge in [-0.15, -0.1) is 22.0 Å². The molecule has 1 aliphatic heterocycles. The average molecular weight is 286 g/mol. The Morgan fingerprint density at radius 1 is 1.20 bits per heavy atom. The van der Waals surface area contributed by atoms with Crippen LogP contribution >= 0.6 is 11.8 Å². The summed E-state index contributed by atoms with van der Waals surface area (Å²) in [6.45, 7) is 1.98. The summed E-state index contributed by atoms with van der Waals surface area (Å²) in [6.07, 6.45) is 4.74. The van der Waals surface area contributed by atoms with Crippen molar-refractivity contribution in [2.75, 3.05) is 12.8 Å². The maximum Gasteiger partial charge on any atom is 0.164 e. The third-order valence-electron chi connectivity index (χ3n) is 4.20. The van der Waals surface area contributed by atoms with E-state index in [9.17, 15) is 0 Å². The molecule has 1 aromatic heterocycles. The van der Waals surface area contributed by atoms with E-state index in [0.29, 0.717) is 6.04 Å². The number of thioether (sulfide) groups is 1. The fourth-order valence-electron chi connectivity index (χ4n) is 2.95. The van der Waals surface area contributed by atoms with Gasteiger partial charge in [0, 0.05) is 23.5 Å². The molecule has 2 aliphatic rings. The zero-order valence-electron chi connectivity index (χ0n) is 11.5. The van der Waals surface area contributed by atoms with Crippen LogP contribution in [0.4, 0.5) is 0 Å². The van der Waals surface area contributed by atoms with Gasteiger partial charge in [-0.1, -0.05) is 12.1 Å². The summed E-state index contributed by atoms with van der Waals surface area (Å²) >= 11 is 1.76. The normalized spacial score (nSPS) is 21.8. The van der Waals surface area contributed by atoms with Crippen molar-refractivity contribution >= 4 is 11.8 Å². The van der Waals surface area contributed by atoms with E-state index in [1.807, 2.05) is 0 Å². The van der Waals surface area contributed by atoms with Gasteiger partial charge in [-0.2, -0.15) is 0 Å². The minimum absolute atomic E-state index is 0.412. The van der Waals surface area contributed by atoms with Crippen LogP contribution in [-0.4, -0.2) is 27.6 Å². The van der Waals surface area contributed by atoms with E-state index in [0.717, 1.165) is 36.2 Å². The topological polar surface area (TPSA) is 42.7 Å². The summed E-state index contributed by atoms with van der Waals surface area (Å²) in [5, 5.41) is 12.5. The van der Waals surface area contributed by atoms with E-state index >= 15 is 0 Å². The van der Waals surface area contributed by atoms with Crippen molar-refractivity contribution in [1.82, 2.24) is 20.1 Å². The van der Waals surface area contributed by atoms with Crippen LogP contribution in [0.2, 0.25) is 0 Å². The lowest BCUT2D eigenvalue weighted by Crippen LogP contribution is -2.35. The highest BCUT2D eigenvalue weighted by Gasteiger charge is 2.37. The first kappa shape index (κ1) is 12.4. The molecule has 0 spiro atoms. The van der Waals surface area contributed by atoms with Crippen LogP contribution in [0.15, 0.2) is 29.2 Å². The monoisotopic (exact) mass is 286 g/mol. The highest BCUT2D eigenvalue weighted by molar-refractivity contribution is 7.98. The lowest BCUT2D eigenvalue weighted by molar-refractivity contribution is 0.383. The number of aromatic nitrogens is 3. The van der Waals surface area contributed by atoms with Gasteiger partial charge in [-0.25, -0.2) is 0 Å². The van der Waals surface area contributed by atoms with Crippen LogP contribution in [0.1, 0.15) is 24.7 Å². The number of nitrogens with zero attached hydrogens (tertiary/aromatic N) is 3. The summed E-state index contributed by atoms with van der Waals surface area (Å²) in [5.74, 6) is 2.91. The van der Waals surface area contributed by atoms with Gasteiger partial charge in [-0.05, 0) is 37.1 Å². The lowest BCUT2D eigenvalue weighted by atomic mass is 10.1. The minimum atomic E-state index is 0.412. The third kappa shape index (κ3) is 2.05. The van der Waals surface area contributed by atoms with Crippen LogP contribution in [-0.2, 0) is 6.54 Å². The predicted molar refractivity (Wildman–Crippen MR) is 80.7 cm³/mol. The van der Waals surface area contributed by atoms with Crippen LogP contribution in [0.25, 0.3) is 11.4 Å². The van der Waals surface area contributed by atoms with Gasteiger partial charge in [0.25, 0.3) is 0 Å². The van der Waals surface area contributed by atoms with Crippen LogP contribution in [0.5, 0.6) is 0 Å². The molecule has 4 nitrogen and oxygen atoms in total. The number of hydrogen-bond acceptors (Lipinski definition) is 4. The van der Waals surface area contributed by atoms with E-state index in [1.165, 1.54) is 17.7 Å². The smallest absolute Gasteiger partial charge is 0.164 e. The Morgan fingerprint density at radius 3 is 2.70 bits per heavy atom. The summed E-state index contributed by atoms with van der Waals surface area (Å²) in [6, 6.07) is 9.02. The molecule has 1 fully saturated rings. The van der Waals surface area contributed by atoms with E-state index in [-0.39, 0.29) is 0 Å². The molecule has 0 saturated heterocycles. The van der Waals surface area contributed by atoms with Crippen molar-refractivity contribution in [3.05, 3.63) is 30.1 Å². The minimum Gasteiger partial charge on any atom is -0.308 e. The Balaban J connectivity index is 1.71. The van der Waals surface area contributed by atoms with Crippen LogP contribution in [0, 0.1) is 5.92 Å². The molecule has 1 atom stereocenters. The maximum atomic E-state index is 4.46. The number of benzene rings is 1. The SMILES string of the molecule is CSc1ccc(-c2nnc3n2CCNC3C2CC2)cc1. The van der Waals surface area contributed by atoms with Crippen molar-refractivity contribution in [3.8, 4) is 11.4 Å².